The van der Waals surface area contributed by atoms with Crippen molar-refractivity contribution in [3.05, 3.63) is 40.5 Å². The molecule has 2 N–H and O–H groups in total. The summed E-state index contributed by atoms with van der Waals surface area (Å²) in [5.41, 5.74) is 8.61. The summed E-state index contributed by atoms with van der Waals surface area (Å²) in [6, 6.07) is 7.69. The molecule has 72 valence electrons. The van der Waals surface area contributed by atoms with Crippen LogP contribution >= 0.6 is 11.6 Å². The molecule has 14 heavy (non-hydrogen) atoms. The lowest BCUT2D eigenvalue weighted by molar-refractivity contribution is 1.07. The molecule has 0 saturated heterocycles. The van der Waals surface area contributed by atoms with Crippen molar-refractivity contribution in [1.29, 1.82) is 0 Å². The minimum Gasteiger partial charge on any atom is -0.326 e. The molecule has 1 heterocycles. The lowest BCUT2D eigenvalue weighted by Gasteiger charge is -2.06. The number of aromatic nitrogens is 1. The second-order valence-corrected chi connectivity index (χ2v) is 3.67. The minimum atomic E-state index is 0.490. The average molecular weight is 207 g/mol. The maximum atomic E-state index is 6.10. The number of fused-ring (bicyclic) bond motifs is 1. The summed E-state index contributed by atoms with van der Waals surface area (Å²) in [5, 5.41) is 1.69. The highest BCUT2D eigenvalue weighted by atomic mass is 35.5. The molecule has 2 aromatic rings. The lowest BCUT2D eigenvalue weighted by atomic mass is 10.1. The van der Waals surface area contributed by atoms with E-state index < -0.39 is 0 Å². The van der Waals surface area contributed by atoms with E-state index in [9.17, 15) is 0 Å². The van der Waals surface area contributed by atoms with Gasteiger partial charge in [-0.05, 0) is 30.7 Å². The molecule has 1 aromatic carbocycles. The normalized spacial score (nSPS) is 10.8. The molecule has 0 aliphatic carbocycles. The van der Waals surface area contributed by atoms with Crippen LogP contribution in [-0.4, -0.2) is 4.98 Å². The van der Waals surface area contributed by atoms with Crippen LogP contribution in [0.2, 0.25) is 5.02 Å². The molecule has 0 radical (unpaired) electrons. The van der Waals surface area contributed by atoms with Gasteiger partial charge >= 0.3 is 0 Å². The molecular formula is C11H11ClN2. The summed E-state index contributed by atoms with van der Waals surface area (Å²) in [7, 11) is 0. The molecule has 3 heteroatoms. The smallest absolute Gasteiger partial charge is 0.0723 e. The number of nitrogens with zero attached hydrogens (tertiary/aromatic N) is 1. The zero-order chi connectivity index (χ0) is 10.1. The van der Waals surface area contributed by atoms with Gasteiger partial charge in [0.1, 0.15) is 0 Å². The largest absolute Gasteiger partial charge is 0.326 e. The fourth-order valence-corrected chi connectivity index (χ4v) is 1.92. The molecule has 0 unspecified atom stereocenters. The Balaban J connectivity index is 2.88. The summed E-state index contributed by atoms with van der Waals surface area (Å²) >= 11 is 6.10. The third-order valence-corrected chi connectivity index (χ3v) is 2.53. The average Bonchev–Trinajstić information content (AvgIpc) is 2.16. The molecule has 0 amide bonds. The number of halogens is 1. The monoisotopic (exact) mass is 206 g/mol. The van der Waals surface area contributed by atoms with Gasteiger partial charge in [0.2, 0.25) is 0 Å². The van der Waals surface area contributed by atoms with Crippen molar-refractivity contribution in [2.75, 3.05) is 0 Å². The Morgan fingerprint density at radius 3 is 2.93 bits per heavy atom. The van der Waals surface area contributed by atoms with E-state index in [4.69, 9.17) is 17.3 Å². The van der Waals surface area contributed by atoms with E-state index in [0.717, 1.165) is 27.2 Å². The Hall–Kier alpha value is -1.12. The third-order valence-electron chi connectivity index (χ3n) is 2.21. The number of benzene rings is 1. The molecule has 0 atom stereocenters. The summed E-state index contributed by atoms with van der Waals surface area (Å²) in [6.07, 6.45) is 0. The van der Waals surface area contributed by atoms with Gasteiger partial charge in [0.05, 0.1) is 10.5 Å². The first-order valence-electron chi connectivity index (χ1n) is 4.47. The van der Waals surface area contributed by atoms with Crippen LogP contribution in [0.1, 0.15) is 11.3 Å². The van der Waals surface area contributed by atoms with Crippen LogP contribution in [0, 0.1) is 6.92 Å². The first kappa shape index (κ1) is 9.44. The molecule has 2 rings (SSSR count). The van der Waals surface area contributed by atoms with Gasteiger partial charge in [-0.3, -0.25) is 4.98 Å². The number of rotatable bonds is 1. The van der Waals surface area contributed by atoms with Crippen LogP contribution in [0.5, 0.6) is 0 Å². The van der Waals surface area contributed by atoms with Crippen molar-refractivity contribution >= 4 is 22.5 Å². The van der Waals surface area contributed by atoms with Crippen LogP contribution in [0.25, 0.3) is 10.9 Å². The standard InChI is InChI=1S/C11H11ClN2/c1-7-5-8(6-13)11-9(12)3-2-4-10(11)14-7/h2-5H,6,13H2,1H3. The van der Waals surface area contributed by atoms with Crippen molar-refractivity contribution in [1.82, 2.24) is 4.98 Å². The first-order chi connectivity index (χ1) is 6.72. The van der Waals surface area contributed by atoms with E-state index in [1.165, 1.54) is 0 Å². The highest BCUT2D eigenvalue weighted by Gasteiger charge is 2.05. The highest BCUT2D eigenvalue weighted by molar-refractivity contribution is 6.35. The molecular weight excluding hydrogens is 196 g/mol. The van der Waals surface area contributed by atoms with Crippen LogP contribution < -0.4 is 5.73 Å². The fourth-order valence-electron chi connectivity index (χ4n) is 1.63. The zero-order valence-corrected chi connectivity index (χ0v) is 8.67. The Morgan fingerprint density at radius 1 is 1.43 bits per heavy atom. The maximum Gasteiger partial charge on any atom is 0.0723 e. The van der Waals surface area contributed by atoms with Gasteiger partial charge in [0.15, 0.2) is 0 Å². The number of nitrogens with two attached hydrogens (primary N) is 1. The minimum absolute atomic E-state index is 0.490. The molecule has 0 bridgehead atoms. The van der Waals surface area contributed by atoms with Crippen molar-refractivity contribution in [3.8, 4) is 0 Å². The summed E-state index contributed by atoms with van der Waals surface area (Å²) in [5.74, 6) is 0. The number of aryl methyl sites for hydroxylation is 1. The van der Waals surface area contributed by atoms with E-state index in [0.29, 0.717) is 6.54 Å². The Bertz CT molecular complexity index is 480. The SMILES string of the molecule is Cc1cc(CN)c2c(Cl)cccc2n1. The predicted molar refractivity (Wildman–Crippen MR) is 59.4 cm³/mol. The van der Waals surface area contributed by atoms with E-state index in [-0.39, 0.29) is 0 Å². The summed E-state index contributed by atoms with van der Waals surface area (Å²) in [4.78, 5) is 4.41. The van der Waals surface area contributed by atoms with E-state index in [2.05, 4.69) is 4.98 Å². The Labute approximate surface area is 87.7 Å². The van der Waals surface area contributed by atoms with Crippen molar-refractivity contribution < 1.29 is 0 Å². The van der Waals surface area contributed by atoms with Crippen LogP contribution in [0.15, 0.2) is 24.3 Å². The molecule has 0 aliphatic rings. The zero-order valence-electron chi connectivity index (χ0n) is 7.92. The van der Waals surface area contributed by atoms with Gasteiger partial charge in [0.25, 0.3) is 0 Å². The molecule has 0 saturated carbocycles. The number of pyridine rings is 1. The quantitative estimate of drug-likeness (QED) is 0.779. The summed E-state index contributed by atoms with van der Waals surface area (Å²) < 4.78 is 0. The lowest BCUT2D eigenvalue weighted by Crippen LogP contribution is -1.99. The van der Waals surface area contributed by atoms with Crippen molar-refractivity contribution in [3.63, 3.8) is 0 Å². The second-order valence-electron chi connectivity index (χ2n) is 3.26. The van der Waals surface area contributed by atoms with Crippen LogP contribution in [0.4, 0.5) is 0 Å². The van der Waals surface area contributed by atoms with Gasteiger partial charge in [-0.2, -0.15) is 0 Å². The van der Waals surface area contributed by atoms with Gasteiger partial charge < -0.3 is 5.73 Å². The maximum absolute atomic E-state index is 6.10. The second kappa shape index (κ2) is 3.56. The predicted octanol–water partition coefficient (Wildman–Crippen LogP) is 2.66. The van der Waals surface area contributed by atoms with E-state index >= 15 is 0 Å². The van der Waals surface area contributed by atoms with Gasteiger partial charge in [0, 0.05) is 17.6 Å². The summed E-state index contributed by atoms with van der Waals surface area (Å²) in [6.45, 7) is 2.45. The van der Waals surface area contributed by atoms with E-state index in [1.54, 1.807) is 0 Å². The number of hydrogen-bond acceptors (Lipinski definition) is 2. The van der Waals surface area contributed by atoms with Crippen molar-refractivity contribution in [2.24, 2.45) is 5.73 Å². The Kier molecular flexibility index (Phi) is 2.40. The molecule has 1 aromatic heterocycles. The van der Waals surface area contributed by atoms with Crippen LogP contribution in [-0.2, 0) is 6.54 Å². The van der Waals surface area contributed by atoms with Crippen LogP contribution in [0.3, 0.4) is 0 Å². The van der Waals surface area contributed by atoms with Gasteiger partial charge in [-0.25, -0.2) is 0 Å². The van der Waals surface area contributed by atoms with Gasteiger partial charge in [-0.15, -0.1) is 0 Å². The Morgan fingerprint density at radius 2 is 2.21 bits per heavy atom. The van der Waals surface area contributed by atoms with Crippen molar-refractivity contribution in [2.45, 2.75) is 13.5 Å². The molecule has 0 fully saturated rings. The van der Waals surface area contributed by atoms with E-state index in [1.807, 2.05) is 31.2 Å². The topological polar surface area (TPSA) is 38.9 Å². The molecule has 0 spiro atoms. The van der Waals surface area contributed by atoms with Gasteiger partial charge in [-0.1, -0.05) is 17.7 Å². The fraction of sp³-hybridized carbons (Fsp3) is 0.182. The molecule has 0 aliphatic heterocycles. The first-order valence-corrected chi connectivity index (χ1v) is 4.85. The number of hydrogen-bond donors (Lipinski definition) is 1. The molecule has 2 nitrogen and oxygen atoms in total. The third kappa shape index (κ3) is 1.47. The highest BCUT2D eigenvalue weighted by Crippen LogP contribution is 2.25.